The van der Waals surface area contributed by atoms with Crippen molar-refractivity contribution in [2.45, 2.75) is 17.7 Å². The lowest BCUT2D eigenvalue weighted by molar-refractivity contribution is -0.122. The number of hydrogen-bond acceptors (Lipinski definition) is 6. The van der Waals surface area contributed by atoms with Gasteiger partial charge in [0, 0.05) is 31.6 Å². The summed E-state index contributed by atoms with van der Waals surface area (Å²) in [6.07, 6.45) is -0.0266. The van der Waals surface area contributed by atoms with Crippen molar-refractivity contribution in [1.82, 2.24) is 9.62 Å². The maximum Gasteiger partial charge on any atom is 0.243 e. The van der Waals surface area contributed by atoms with E-state index in [1.54, 1.807) is 18.2 Å². The monoisotopic (exact) mass is 455 g/mol. The summed E-state index contributed by atoms with van der Waals surface area (Å²) in [5, 5.41) is 5.18. The fourth-order valence-electron chi connectivity index (χ4n) is 2.74. The van der Waals surface area contributed by atoms with Crippen LogP contribution in [0.1, 0.15) is 22.5 Å². The van der Waals surface area contributed by atoms with Gasteiger partial charge in [0.1, 0.15) is 0 Å². The van der Waals surface area contributed by atoms with E-state index in [0.717, 1.165) is 15.6 Å². The first-order valence-corrected chi connectivity index (χ1v) is 11.3. The van der Waals surface area contributed by atoms with Crippen LogP contribution in [0.5, 0.6) is 0 Å². The molecule has 2 heterocycles. The van der Waals surface area contributed by atoms with E-state index in [2.05, 4.69) is 10.6 Å². The third kappa shape index (κ3) is 5.41. The Bertz CT molecular complexity index is 1050. The lowest BCUT2D eigenvalue weighted by atomic mass is 10.2. The Balaban J connectivity index is 1.62. The van der Waals surface area contributed by atoms with Crippen LogP contribution in [-0.4, -0.2) is 50.0 Å². The predicted molar refractivity (Wildman–Crippen MR) is 110 cm³/mol. The van der Waals surface area contributed by atoms with Crippen molar-refractivity contribution in [3.05, 3.63) is 45.6 Å². The zero-order valence-electron chi connectivity index (χ0n) is 15.2. The van der Waals surface area contributed by atoms with Crippen LogP contribution in [0.4, 0.5) is 5.69 Å². The van der Waals surface area contributed by atoms with Crippen LogP contribution in [0, 0.1) is 0 Å². The maximum atomic E-state index is 12.7. The number of nitrogens with zero attached hydrogens (tertiary/aromatic N) is 1. The summed E-state index contributed by atoms with van der Waals surface area (Å²) in [6, 6.07) is 9.04. The van der Waals surface area contributed by atoms with Crippen molar-refractivity contribution in [2.75, 3.05) is 25.0 Å². The number of sulfonamides is 1. The summed E-state index contributed by atoms with van der Waals surface area (Å²) in [5.41, 5.74) is 0.296. The Kier molecular flexibility index (Phi) is 6.68. The molecular weight excluding hydrogens is 438 g/mol. The first kappa shape index (κ1) is 21.4. The molecule has 8 nitrogen and oxygen atoms in total. The van der Waals surface area contributed by atoms with Gasteiger partial charge >= 0.3 is 0 Å². The second-order valence-corrected chi connectivity index (χ2v) is 9.94. The predicted octanol–water partition coefficient (Wildman–Crippen LogP) is 2.12. The van der Waals surface area contributed by atoms with Gasteiger partial charge in [-0.05, 0) is 30.3 Å². The molecule has 2 aromatic rings. The molecule has 11 heteroatoms. The number of hydrogen-bond donors (Lipinski definition) is 2. The van der Waals surface area contributed by atoms with Crippen molar-refractivity contribution in [1.29, 1.82) is 0 Å². The average molecular weight is 456 g/mol. The number of amides is 2. The van der Waals surface area contributed by atoms with E-state index in [4.69, 9.17) is 11.6 Å². The number of ketones is 1. The number of carbonyl (C=O) groups is 3. The molecule has 0 aliphatic carbocycles. The minimum atomic E-state index is -3.86. The highest BCUT2D eigenvalue weighted by Gasteiger charge is 2.29. The van der Waals surface area contributed by atoms with Crippen molar-refractivity contribution >= 4 is 56.2 Å². The Morgan fingerprint density at radius 3 is 2.69 bits per heavy atom. The number of rotatable bonds is 7. The van der Waals surface area contributed by atoms with Gasteiger partial charge in [0.15, 0.2) is 5.78 Å². The highest BCUT2D eigenvalue weighted by molar-refractivity contribution is 7.89. The molecule has 29 heavy (non-hydrogen) atoms. The van der Waals surface area contributed by atoms with Gasteiger partial charge in [-0.2, -0.15) is 4.31 Å². The minimum absolute atomic E-state index is 0.0174. The summed E-state index contributed by atoms with van der Waals surface area (Å²) < 4.78 is 27.0. The number of thiophene rings is 1. The zero-order chi connectivity index (χ0) is 21.0. The average Bonchev–Trinajstić information content (AvgIpc) is 3.13. The molecule has 0 radical (unpaired) electrons. The van der Waals surface area contributed by atoms with Gasteiger partial charge in [0.2, 0.25) is 21.8 Å². The molecule has 0 spiro atoms. The molecule has 1 aliphatic heterocycles. The smallest absolute Gasteiger partial charge is 0.243 e. The highest BCUT2D eigenvalue weighted by atomic mass is 35.5. The summed E-state index contributed by atoms with van der Waals surface area (Å²) in [5.74, 6) is -0.953. The van der Waals surface area contributed by atoms with Crippen LogP contribution in [-0.2, 0) is 19.6 Å². The molecule has 154 valence electrons. The number of carbonyl (C=O) groups excluding carboxylic acids is 3. The molecular formula is C18H18ClN3O5S2. The van der Waals surface area contributed by atoms with Crippen LogP contribution in [0.15, 0.2) is 41.3 Å². The number of halogens is 1. The lowest BCUT2D eigenvalue weighted by Gasteiger charge is -2.26. The second kappa shape index (κ2) is 9.04. The molecule has 0 atom stereocenters. The number of piperazine rings is 1. The van der Waals surface area contributed by atoms with Crippen molar-refractivity contribution in [3.63, 3.8) is 0 Å². The minimum Gasteiger partial charge on any atom is -0.354 e. The molecule has 3 rings (SSSR count). The number of benzene rings is 1. The second-order valence-electron chi connectivity index (χ2n) is 6.29. The third-order valence-electron chi connectivity index (χ3n) is 4.19. The summed E-state index contributed by atoms with van der Waals surface area (Å²) in [4.78, 5) is 36.2. The first-order valence-electron chi connectivity index (χ1n) is 8.71. The van der Waals surface area contributed by atoms with E-state index in [1.807, 2.05) is 0 Å². The van der Waals surface area contributed by atoms with E-state index in [9.17, 15) is 22.8 Å². The number of Topliss-reactive ketones (excluding diaryl/α,β-unsaturated/α-hetero) is 1. The van der Waals surface area contributed by atoms with Gasteiger partial charge in [-0.15, -0.1) is 11.3 Å². The van der Waals surface area contributed by atoms with Gasteiger partial charge < -0.3 is 10.6 Å². The highest BCUT2D eigenvalue weighted by Crippen LogP contribution is 2.23. The molecule has 1 fully saturated rings. The first-order chi connectivity index (χ1) is 13.8. The summed E-state index contributed by atoms with van der Waals surface area (Å²) in [6.45, 7) is 0.186. The largest absolute Gasteiger partial charge is 0.354 e. The Hall–Kier alpha value is -2.27. The molecule has 2 N–H and O–H groups in total. The Morgan fingerprint density at radius 1 is 1.21 bits per heavy atom. The maximum absolute atomic E-state index is 12.7. The molecule has 1 aromatic heterocycles. The van der Waals surface area contributed by atoms with Crippen LogP contribution >= 0.6 is 22.9 Å². The lowest BCUT2D eigenvalue weighted by Crippen LogP contribution is -2.49. The van der Waals surface area contributed by atoms with E-state index in [1.165, 1.54) is 18.2 Å². The van der Waals surface area contributed by atoms with E-state index in [-0.39, 0.29) is 49.1 Å². The standard InChI is InChI=1S/C18H18ClN3O5S2/c19-16-6-5-15(28-16)14(23)4-7-17(24)21-12-2-1-3-13(10-12)29(26,27)22-9-8-20-18(25)11-22/h1-3,5-6,10H,4,7-9,11H2,(H,20,25)(H,21,24). The fourth-order valence-corrected chi connectivity index (χ4v) is 5.20. The van der Waals surface area contributed by atoms with E-state index >= 15 is 0 Å². The summed E-state index contributed by atoms with van der Waals surface area (Å²) in [7, 11) is -3.86. The number of nitrogens with one attached hydrogen (secondary N) is 2. The molecule has 1 saturated heterocycles. The molecule has 0 bridgehead atoms. The van der Waals surface area contributed by atoms with Crippen LogP contribution in [0.2, 0.25) is 4.34 Å². The van der Waals surface area contributed by atoms with Gasteiger partial charge in [-0.1, -0.05) is 17.7 Å². The molecule has 2 amide bonds. The van der Waals surface area contributed by atoms with Gasteiger partial charge in [0.25, 0.3) is 0 Å². The van der Waals surface area contributed by atoms with Gasteiger partial charge in [-0.3, -0.25) is 14.4 Å². The topological polar surface area (TPSA) is 113 Å². The SMILES string of the molecule is O=C1CN(S(=O)(=O)c2cccc(NC(=O)CCC(=O)c3ccc(Cl)s3)c2)CCN1. The van der Waals surface area contributed by atoms with E-state index < -0.39 is 15.9 Å². The zero-order valence-corrected chi connectivity index (χ0v) is 17.6. The van der Waals surface area contributed by atoms with Gasteiger partial charge in [-0.25, -0.2) is 8.42 Å². The third-order valence-corrected chi connectivity index (χ3v) is 7.30. The van der Waals surface area contributed by atoms with Crippen LogP contribution in [0.3, 0.4) is 0 Å². The van der Waals surface area contributed by atoms with Crippen LogP contribution < -0.4 is 10.6 Å². The van der Waals surface area contributed by atoms with Gasteiger partial charge in [0.05, 0.1) is 20.7 Å². The fraction of sp³-hybridized carbons (Fsp3) is 0.278. The quantitative estimate of drug-likeness (QED) is 0.621. The normalized spacial score (nSPS) is 15.0. The molecule has 1 aliphatic rings. The van der Waals surface area contributed by atoms with E-state index in [0.29, 0.717) is 14.9 Å². The molecule has 0 unspecified atom stereocenters. The van der Waals surface area contributed by atoms with Crippen molar-refractivity contribution < 1.29 is 22.8 Å². The Labute approximate surface area is 176 Å². The molecule has 1 aromatic carbocycles. The summed E-state index contributed by atoms with van der Waals surface area (Å²) >= 11 is 6.96. The van der Waals surface area contributed by atoms with Crippen molar-refractivity contribution in [3.8, 4) is 0 Å². The Morgan fingerprint density at radius 2 is 2.00 bits per heavy atom. The molecule has 0 saturated carbocycles. The van der Waals surface area contributed by atoms with Crippen molar-refractivity contribution in [2.24, 2.45) is 0 Å². The van der Waals surface area contributed by atoms with Crippen LogP contribution in [0.25, 0.3) is 0 Å². The number of anilines is 1.